The fourth-order valence-corrected chi connectivity index (χ4v) is 4.87. The molecule has 0 bridgehead atoms. The van der Waals surface area contributed by atoms with E-state index in [9.17, 15) is 4.79 Å². The van der Waals surface area contributed by atoms with Crippen molar-refractivity contribution in [1.82, 2.24) is 14.9 Å². The predicted octanol–water partition coefficient (Wildman–Crippen LogP) is 7.24. The smallest absolute Gasteiger partial charge is 0.224 e. The molecule has 200 valence electrons. The minimum absolute atomic E-state index is 0.0515. The first kappa shape index (κ1) is 27.7. The van der Waals surface area contributed by atoms with Gasteiger partial charge in [-0.1, -0.05) is 60.0 Å². The Morgan fingerprint density at radius 1 is 0.947 bits per heavy atom. The predicted molar refractivity (Wildman–Crippen MR) is 156 cm³/mol. The van der Waals surface area contributed by atoms with Crippen LogP contribution in [-0.2, 0) is 24.2 Å². The first-order chi connectivity index (χ1) is 18.5. The van der Waals surface area contributed by atoms with Crippen molar-refractivity contribution in [3.8, 4) is 5.75 Å². The quantitative estimate of drug-likeness (QED) is 0.174. The number of unbranched alkanes of at least 4 members (excludes halogenated alkanes) is 3. The van der Waals surface area contributed by atoms with Crippen molar-refractivity contribution >= 4 is 28.5 Å². The number of ether oxygens (including phenoxy) is 1. The van der Waals surface area contributed by atoms with Crippen molar-refractivity contribution in [2.45, 2.75) is 65.3 Å². The van der Waals surface area contributed by atoms with Crippen LogP contribution in [0.4, 0.5) is 0 Å². The molecular formula is C32H38ClN3O2. The van der Waals surface area contributed by atoms with E-state index in [-0.39, 0.29) is 5.91 Å². The number of fused-ring (bicyclic) bond motifs is 1. The lowest BCUT2D eigenvalue weighted by Gasteiger charge is -2.12. The lowest BCUT2D eigenvalue weighted by Crippen LogP contribution is -2.26. The number of benzene rings is 3. The Hall–Kier alpha value is -3.31. The number of carbonyl (C=O) groups excluding carboxylic acids is 1. The van der Waals surface area contributed by atoms with E-state index in [1.165, 1.54) is 16.6 Å². The van der Waals surface area contributed by atoms with Crippen LogP contribution in [0.2, 0.25) is 5.02 Å². The highest BCUT2D eigenvalue weighted by molar-refractivity contribution is 6.30. The molecule has 3 aromatic carbocycles. The molecule has 0 aliphatic rings. The molecular weight excluding hydrogens is 494 g/mol. The summed E-state index contributed by atoms with van der Waals surface area (Å²) in [5.74, 6) is 2.18. The molecule has 1 N–H and O–H groups in total. The van der Waals surface area contributed by atoms with Crippen molar-refractivity contribution in [2.24, 2.45) is 0 Å². The molecule has 1 heterocycles. The van der Waals surface area contributed by atoms with Crippen LogP contribution in [0.3, 0.4) is 0 Å². The van der Waals surface area contributed by atoms with E-state index in [4.69, 9.17) is 21.3 Å². The summed E-state index contributed by atoms with van der Waals surface area (Å²) in [6.45, 7) is 6.55. The maximum atomic E-state index is 12.2. The second-order valence-electron chi connectivity index (χ2n) is 9.96. The Morgan fingerprint density at radius 3 is 2.58 bits per heavy atom. The number of nitrogens with zero attached hydrogens (tertiary/aromatic N) is 2. The van der Waals surface area contributed by atoms with E-state index in [1.54, 1.807) is 0 Å². The third-order valence-electron chi connectivity index (χ3n) is 6.77. The van der Waals surface area contributed by atoms with E-state index >= 15 is 0 Å². The summed E-state index contributed by atoms with van der Waals surface area (Å²) in [5, 5.41) is 3.72. The Balaban J connectivity index is 1.19. The summed E-state index contributed by atoms with van der Waals surface area (Å²) in [5.41, 5.74) is 5.68. The van der Waals surface area contributed by atoms with Gasteiger partial charge in [-0.2, -0.15) is 0 Å². The zero-order valence-electron chi connectivity index (χ0n) is 22.5. The third-order valence-corrected chi connectivity index (χ3v) is 7.03. The van der Waals surface area contributed by atoms with Crippen molar-refractivity contribution in [3.05, 3.63) is 94.3 Å². The van der Waals surface area contributed by atoms with Gasteiger partial charge in [0.15, 0.2) is 0 Å². The number of amides is 1. The SMILES string of the molecule is Cc1ccc(OCCCCn2c(CCCCCNC(=O)Cc3ccc(Cl)cc3)nc3ccccc32)c(C)c1. The van der Waals surface area contributed by atoms with Crippen molar-refractivity contribution in [1.29, 1.82) is 0 Å². The molecule has 5 nitrogen and oxygen atoms in total. The van der Waals surface area contributed by atoms with E-state index in [2.05, 4.69) is 60.1 Å². The summed E-state index contributed by atoms with van der Waals surface area (Å²) in [7, 11) is 0. The van der Waals surface area contributed by atoms with Gasteiger partial charge >= 0.3 is 0 Å². The summed E-state index contributed by atoms with van der Waals surface area (Å²) in [6.07, 6.45) is 6.42. The minimum Gasteiger partial charge on any atom is -0.493 e. The fraction of sp³-hybridized carbons (Fsp3) is 0.375. The molecule has 4 rings (SSSR count). The first-order valence-corrected chi connectivity index (χ1v) is 14.0. The third kappa shape index (κ3) is 8.09. The number of imidazole rings is 1. The average Bonchev–Trinajstić information content (AvgIpc) is 3.25. The zero-order valence-corrected chi connectivity index (χ0v) is 23.3. The highest BCUT2D eigenvalue weighted by Gasteiger charge is 2.10. The van der Waals surface area contributed by atoms with E-state index in [0.717, 1.165) is 74.3 Å². The van der Waals surface area contributed by atoms with Crippen LogP contribution in [-0.4, -0.2) is 28.6 Å². The molecule has 0 atom stereocenters. The normalized spacial score (nSPS) is 11.1. The van der Waals surface area contributed by atoms with Crippen LogP contribution in [0, 0.1) is 13.8 Å². The van der Waals surface area contributed by atoms with Gasteiger partial charge in [-0.25, -0.2) is 4.98 Å². The molecule has 0 unspecified atom stereocenters. The van der Waals surface area contributed by atoms with Gasteiger partial charge in [-0.3, -0.25) is 4.79 Å². The van der Waals surface area contributed by atoms with Crippen molar-refractivity contribution in [2.75, 3.05) is 13.2 Å². The zero-order chi connectivity index (χ0) is 26.7. The van der Waals surface area contributed by atoms with Gasteiger partial charge < -0.3 is 14.6 Å². The Kier molecular flexibility index (Phi) is 10.2. The summed E-state index contributed by atoms with van der Waals surface area (Å²) in [4.78, 5) is 17.1. The maximum absolute atomic E-state index is 12.2. The molecule has 1 amide bonds. The van der Waals surface area contributed by atoms with Gasteiger partial charge in [-0.15, -0.1) is 0 Å². The van der Waals surface area contributed by atoms with Crippen LogP contribution < -0.4 is 10.1 Å². The highest BCUT2D eigenvalue weighted by Crippen LogP contribution is 2.21. The van der Waals surface area contributed by atoms with Crippen molar-refractivity contribution in [3.63, 3.8) is 0 Å². The van der Waals surface area contributed by atoms with Gasteiger partial charge in [0, 0.05) is 24.5 Å². The Bertz CT molecular complexity index is 1330. The number of para-hydroxylation sites is 2. The van der Waals surface area contributed by atoms with Crippen LogP contribution in [0.5, 0.6) is 5.75 Å². The van der Waals surface area contributed by atoms with E-state index < -0.39 is 0 Å². The molecule has 0 fully saturated rings. The number of aromatic nitrogens is 2. The fourth-order valence-electron chi connectivity index (χ4n) is 4.74. The number of nitrogens with one attached hydrogen (secondary N) is 1. The number of rotatable bonds is 14. The molecule has 0 radical (unpaired) electrons. The number of hydrogen-bond donors (Lipinski definition) is 1. The molecule has 0 saturated heterocycles. The molecule has 0 spiro atoms. The topological polar surface area (TPSA) is 56.1 Å². The van der Waals surface area contributed by atoms with Gasteiger partial charge in [0.1, 0.15) is 11.6 Å². The number of carbonyl (C=O) groups is 1. The van der Waals surface area contributed by atoms with Gasteiger partial charge in [0.25, 0.3) is 0 Å². The summed E-state index contributed by atoms with van der Waals surface area (Å²) in [6, 6.07) is 22.1. The largest absolute Gasteiger partial charge is 0.493 e. The first-order valence-electron chi connectivity index (χ1n) is 13.6. The van der Waals surface area contributed by atoms with Crippen molar-refractivity contribution < 1.29 is 9.53 Å². The molecule has 38 heavy (non-hydrogen) atoms. The molecule has 6 heteroatoms. The molecule has 0 aliphatic heterocycles. The Labute approximate surface area is 231 Å². The number of aryl methyl sites for hydroxylation is 4. The van der Waals surface area contributed by atoms with Crippen LogP contribution in [0.25, 0.3) is 11.0 Å². The second kappa shape index (κ2) is 14.0. The van der Waals surface area contributed by atoms with Gasteiger partial charge in [0.05, 0.1) is 24.1 Å². The van der Waals surface area contributed by atoms with Crippen LogP contribution in [0.15, 0.2) is 66.7 Å². The molecule has 4 aromatic rings. The second-order valence-corrected chi connectivity index (χ2v) is 10.4. The lowest BCUT2D eigenvalue weighted by atomic mass is 10.1. The van der Waals surface area contributed by atoms with Gasteiger partial charge in [0.2, 0.25) is 5.91 Å². The average molecular weight is 532 g/mol. The van der Waals surface area contributed by atoms with E-state index in [1.807, 2.05) is 30.3 Å². The standard InChI is InChI=1S/C32H38ClN3O2/c1-24-13-18-30(25(2)22-24)38-21-9-8-20-36-29-11-6-5-10-28(29)35-31(36)12-4-3-7-19-34-32(37)23-26-14-16-27(33)17-15-26/h5-6,10-11,13-18,22H,3-4,7-9,12,19-21,23H2,1-2H3,(H,34,37). The highest BCUT2D eigenvalue weighted by atomic mass is 35.5. The summed E-state index contributed by atoms with van der Waals surface area (Å²) < 4.78 is 8.40. The molecule has 0 aliphatic carbocycles. The monoisotopic (exact) mass is 531 g/mol. The molecule has 1 aromatic heterocycles. The molecule has 0 saturated carbocycles. The number of hydrogen-bond acceptors (Lipinski definition) is 3. The lowest BCUT2D eigenvalue weighted by molar-refractivity contribution is -0.120. The van der Waals surface area contributed by atoms with E-state index in [0.29, 0.717) is 18.0 Å². The van der Waals surface area contributed by atoms with Crippen LogP contribution >= 0.6 is 11.6 Å². The maximum Gasteiger partial charge on any atom is 0.224 e. The summed E-state index contributed by atoms with van der Waals surface area (Å²) >= 11 is 5.91. The van der Waals surface area contributed by atoms with Gasteiger partial charge in [-0.05, 0) is 81.0 Å². The minimum atomic E-state index is 0.0515. The Morgan fingerprint density at radius 2 is 1.76 bits per heavy atom. The number of halogens is 1. The van der Waals surface area contributed by atoms with Crippen LogP contribution in [0.1, 0.15) is 54.6 Å².